The summed E-state index contributed by atoms with van der Waals surface area (Å²) in [6.07, 6.45) is 0. The molecule has 0 radical (unpaired) electrons. The Morgan fingerprint density at radius 1 is 1.09 bits per heavy atom. The summed E-state index contributed by atoms with van der Waals surface area (Å²) in [7, 11) is 2.93. The van der Waals surface area contributed by atoms with Gasteiger partial charge in [-0.1, -0.05) is 56.2 Å². The quantitative estimate of drug-likeness (QED) is 0.547. The fourth-order valence-corrected chi connectivity index (χ4v) is 3.93. The van der Waals surface area contributed by atoms with Crippen LogP contribution in [-0.4, -0.2) is 40.4 Å². The summed E-state index contributed by atoms with van der Waals surface area (Å²) in [6.45, 7) is 8.75. The number of aromatic nitrogens is 4. The predicted molar refractivity (Wildman–Crippen MR) is 127 cm³/mol. The van der Waals surface area contributed by atoms with Gasteiger partial charge in [-0.05, 0) is 51.6 Å². The van der Waals surface area contributed by atoms with Crippen LogP contribution in [0.25, 0.3) is 0 Å². The van der Waals surface area contributed by atoms with E-state index in [4.69, 9.17) is 14.2 Å². The molecule has 0 spiro atoms. The largest absolute Gasteiger partial charge is 0.493 e. The van der Waals surface area contributed by atoms with Gasteiger partial charge in [0.2, 0.25) is 5.95 Å². The van der Waals surface area contributed by atoms with E-state index in [1.54, 1.807) is 18.7 Å². The van der Waals surface area contributed by atoms with E-state index in [1.165, 1.54) is 12.7 Å². The van der Waals surface area contributed by atoms with Crippen molar-refractivity contribution in [2.24, 2.45) is 0 Å². The SMILES string of the molecule is COC(=O)C1=C(C)Nc2nnnn2C1c1ccc(OCc2ccc(C(C)(C)C)cc2)c(OC)c1. The van der Waals surface area contributed by atoms with Gasteiger partial charge in [0.15, 0.2) is 11.5 Å². The van der Waals surface area contributed by atoms with Gasteiger partial charge >= 0.3 is 5.97 Å². The fraction of sp³-hybridized carbons (Fsp3) is 0.360. The molecule has 9 nitrogen and oxygen atoms in total. The monoisotopic (exact) mass is 463 g/mol. The highest BCUT2D eigenvalue weighted by Crippen LogP contribution is 2.38. The third-order valence-electron chi connectivity index (χ3n) is 5.84. The minimum atomic E-state index is -0.577. The standard InChI is InChI=1S/C25H29N5O4/c1-15-21(23(31)33-6)22(30-24(26-15)27-28-29-30)17-9-12-19(20(13-17)32-5)34-14-16-7-10-18(11-8-16)25(2,3)4/h7-13,22H,14H2,1-6H3,(H,26,27,29). The van der Waals surface area contributed by atoms with Crippen LogP contribution >= 0.6 is 0 Å². The van der Waals surface area contributed by atoms with Crippen LogP contribution in [0.3, 0.4) is 0 Å². The van der Waals surface area contributed by atoms with E-state index in [0.29, 0.717) is 35.3 Å². The number of nitrogens with one attached hydrogen (secondary N) is 1. The minimum Gasteiger partial charge on any atom is -0.493 e. The van der Waals surface area contributed by atoms with Gasteiger partial charge < -0.3 is 19.5 Å². The number of nitrogens with zero attached hydrogens (tertiary/aromatic N) is 4. The maximum absolute atomic E-state index is 12.6. The molecule has 0 amide bonds. The molecule has 1 aromatic heterocycles. The molecule has 2 aromatic carbocycles. The van der Waals surface area contributed by atoms with Crippen molar-refractivity contribution in [2.75, 3.05) is 19.5 Å². The first-order valence-corrected chi connectivity index (χ1v) is 11.0. The van der Waals surface area contributed by atoms with Gasteiger partial charge in [0.25, 0.3) is 0 Å². The Bertz CT molecular complexity index is 1220. The molecule has 178 valence electrons. The molecule has 0 bridgehead atoms. The van der Waals surface area contributed by atoms with E-state index in [1.807, 2.05) is 18.2 Å². The lowest BCUT2D eigenvalue weighted by Gasteiger charge is -2.27. The summed E-state index contributed by atoms with van der Waals surface area (Å²) in [6, 6.07) is 13.4. The summed E-state index contributed by atoms with van der Waals surface area (Å²) in [5, 5.41) is 14.9. The second-order valence-electron chi connectivity index (χ2n) is 9.15. The molecular weight excluding hydrogens is 434 g/mol. The molecule has 9 heteroatoms. The Kier molecular flexibility index (Phi) is 6.28. The molecule has 1 atom stereocenters. The molecule has 0 saturated heterocycles. The van der Waals surface area contributed by atoms with Crippen LogP contribution < -0.4 is 14.8 Å². The third-order valence-corrected chi connectivity index (χ3v) is 5.84. The van der Waals surface area contributed by atoms with Crippen molar-refractivity contribution in [1.29, 1.82) is 0 Å². The fourth-order valence-electron chi connectivity index (χ4n) is 3.93. The minimum absolute atomic E-state index is 0.0996. The van der Waals surface area contributed by atoms with Crippen molar-refractivity contribution in [1.82, 2.24) is 20.2 Å². The van der Waals surface area contributed by atoms with Crippen LogP contribution in [0.15, 0.2) is 53.7 Å². The van der Waals surface area contributed by atoms with Crippen LogP contribution in [0.5, 0.6) is 11.5 Å². The molecule has 1 unspecified atom stereocenters. The maximum atomic E-state index is 12.6. The molecule has 0 saturated carbocycles. The second-order valence-corrected chi connectivity index (χ2v) is 9.15. The zero-order chi connectivity index (χ0) is 24.5. The van der Waals surface area contributed by atoms with Gasteiger partial charge in [-0.2, -0.15) is 4.68 Å². The van der Waals surface area contributed by atoms with Gasteiger partial charge in [-0.25, -0.2) is 4.79 Å². The number of hydrogen-bond donors (Lipinski definition) is 1. The molecule has 4 rings (SSSR count). The normalized spacial score (nSPS) is 15.4. The predicted octanol–water partition coefficient (Wildman–Crippen LogP) is 4.02. The number of methoxy groups -OCH3 is 2. The lowest BCUT2D eigenvalue weighted by Crippen LogP contribution is -2.29. The number of benzene rings is 2. The molecule has 1 aliphatic rings. The number of ether oxygens (including phenoxy) is 3. The van der Waals surface area contributed by atoms with E-state index >= 15 is 0 Å². The van der Waals surface area contributed by atoms with E-state index in [-0.39, 0.29) is 5.41 Å². The molecule has 2 heterocycles. The molecule has 0 aliphatic carbocycles. The Hall–Kier alpha value is -3.88. The molecule has 3 aromatic rings. The number of esters is 1. The average Bonchev–Trinajstić information content (AvgIpc) is 3.29. The lowest BCUT2D eigenvalue weighted by atomic mass is 9.87. The number of tetrazole rings is 1. The summed E-state index contributed by atoms with van der Waals surface area (Å²) in [4.78, 5) is 12.6. The Balaban J connectivity index is 1.61. The van der Waals surface area contributed by atoms with E-state index in [0.717, 1.165) is 11.1 Å². The van der Waals surface area contributed by atoms with Gasteiger partial charge in [0.05, 0.1) is 19.8 Å². The number of fused-ring (bicyclic) bond motifs is 1. The van der Waals surface area contributed by atoms with Crippen molar-refractivity contribution < 1.29 is 19.0 Å². The second kappa shape index (κ2) is 9.17. The highest BCUT2D eigenvalue weighted by Gasteiger charge is 2.35. The zero-order valence-electron chi connectivity index (χ0n) is 20.2. The summed E-state index contributed by atoms with van der Waals surface area (Å²) in [5.74, 6) is 1.11. The van der Waals surface area contributed by atoms with E-state index < -0.39 is 12.0 Å². The number of hydrogen-bond acceptors (Lipinski definition) is 8. The first-order valence-electron chi connectivity index (χ1n) is 11.0. The molecule has 0 fully saturated rings. The highest BCUT2D eigenvalue weighted by atomic mass is 16.5. The van der Waals surface area contributed by atoms with Crippen LogP contribution in [0.1, 0.15) is 50.4 Å². The van der Waals surface area contributed by atoms with Crippen LogP contribution in [-0.2, 0) is 21.6 Å². The average molecular weight is 464 g/mol. The van der Waals surface area contributed by atoms with Gasteiger partial charge in [-0.3, -0.25) is 0 Å². The van der Waals surface area contributed by atoms with Gasteiger partial charge in [0.1, 0.15) is 12.6 Å². The number of carbonyl (C=O) groups is 1. The van der Waals surface area contributed by atoms with Crippen LogP contribution in [0, 0.1) is 0 Å². The Labute approximate surface area is 198 Å². The van der Waals surface area contributed by atoms with Crippen molar-refractivity contribution in [3.8, 4) is 11.5 Å². The van der Waals surface area contributed by atoms with Crippen molar-refractivity contribution in [2.45, 2.75) is 45.8 Å². The number of carbonyl (C=O) groups excluding carboxylic acids is 1. The Morgan fingerprint density at radius 3 is 2.47 bits per heavy atom. The number of allylic oxidation sites excluding steroid dienone is 1. The van der Waals surface area contributed by atoms with Crippen molar-refractivity contribution >= 4 is 11.9 Å². The number of rotatable bonds is 6. The summed E-state index contributed by atoms with van der Waals surface area (Å²) < 4.78 is 18.3. The van der Waals surface area contributed by atoms with Crippen molar-refractivity contribution in [3.63, 3.8) is 0 Å². The van der Waals surface area contributed by atoms with E-state index in [2.05, 4.69) is 65.9 Å². The van der Waals surface area contributed by atoms with Gasteiger partial charge in [-0.15, -0.1) is 0 Å². The summed E-state index contributed by atoms with van der Waals surface area (Å²) in [5.41, 5.74) is 4.22. The smallest absolute Gasteiger partial charge is 0.338 e. The van der Waals surface area contributed by atoms with Crippen molar-refractivity contribution in [3.05, 3.63) is 70.4 Å². The first-order chi connectivity index (χ1) is 16.2. The summed E-state index contributed by atoms with van der Waals surface area (Å²) >= 11 is 0. The highest BCUT2D eigenvalue weighted by molar-refractivity contribution is 5.92. The third kappa shape index (κ3) is 4.46. The number of anilines is 1. The van der Waals surface area contributed by atoms with Crippen LogP contribution in [0.2, 0.25) is 0 Å². The molecular formula is C25H29N5O4. The molecule has 34 heavy (non-hydrogen) atoms. The first kappa shape index (κ1) is 23.3. The van der Waals surface area contributed by atoms with E-state index in [9.17, 15) is 4.79 Å². The Morgan fingerprint density at radius 2 is 1.82 bits per heavy atom. The zero-order valence-corrected chi connectivity index (χ0v) is 20.2. The topological polar surface area (TPSA) is 100 Å². The maximum Gasteiger partial charge on any atom is 0.338 e. The molecule has 1 aliphatic heterocycles. The van der Waals surface area contributed by atoms with Crippen LogP contribution in [0.4, 0.5) is 5.95 Å². The van der Waals surface area contributed by atoms with Gasteiger partial charge in [0, 0.05) is 5.70 Å². The lowest BCUT2D eigenvalue weighted by molar-refractivity contribution is -0.136. The molecule has 1 N–H and O–H groups in total.